The van der Waals surface area contributed by atoms with Crippen molar-refractivity contribution >= 4 is 103 Å². The van der Waals surface area contributed by atoms with E-state index in [-0.39, 0.29) is 40.7 Å². The summed E-state index contributed by atoms with van der Waals surface area (Å²) in [6.07, 6.45) is 0. The smallest absolute Gasteiger partial charge is 0.157 e. The van der Waals surface area contributed by atoms with Gasteiger partial charge in [-0.25, -0.2) is 0 Å². The first-order valence-electron chi connectivity index (χ1n) is 5.06. The van der Waals surface area contributed by atoms with Crippen molar-refractivity contribution < 1.29 is 4.42 Å². The van der Waals surface area contributed by atoms with Crippen LogP contribution in [0.5, 0.6) is 0 Å². The minimum atomic E-state index is 0.109. The predicted octanol–water partition coefficient (Wildman–Crippen LogP) is 8.16. The first-order valence-corrected chi connectivity index (χ1v) is 7.70. The van der Waals surface area contributed by atoms with Crippen molar-refractivity contribution in [1.29, 1.82) is 0 Å². The van der Waals surface area contributed by atoms with Crippen molar-refractivity contribution in [3.8, 4) is 0 Å². The number of hydrogen-bond donors (Lipinski definition) is 0. The lowest BCUT2D eigenvalue weighted by Crippen LogP contribution is -1.78. The van der Waals surface area contributed by atoms with E-state index >= 15 is 0 Å². The summed E-state index contributed by atoms with van der Waals surface area (Å²) >= 11 is 42.5. The third kappa shape index (κ3) is 1.99. The molecule has 20 heavy (non-hydrogen) atoms. The second-order valence-corrected chi connectivity index (χ2v) is 6.60. The van der Waals surface area contributed by atoms with Gasteiger partial charge in [0.15, 0.2) is 11.2 Å². The first kappa shape index (κ1) is 15.2. The average Bonchev–Trinajstić information content (AvgIpc) is 2.80. The van der Waals surface area contributed by atoms with Crippen LogP contribution in [-0.4, -0.2) is 0 Å². The van der Waals surface area contributed by atoms with Crippen molar-refractivity contribution in [2.24, 2.45) is 0 Å². The van der Waals surface area contributed by atoms with Crippen molar-refractivity contribution in [3.63, 3.8) is 0 Å². The zero-order chi connectivity index (χ0) is 14.8. The Hall–Kier alpha value is 0.270. The fourth-order valence-electron chi connectivity index (χ4n) is 1.91. The SMILES string of the molecule is Cl[13c]1[13cH][13c]2[13c](o[13c]3[13c](Cl)[13c](Cl)[13c](Cl)[13c](Cl)[13c]32)[13c](Cl)[13c]1Cl. The second-order valence-electron chi connectivity index (χ2n) is 3.93. The number of benzene rings is 2. The molecule has 1 aromatic heterocycles. The Labute approximate surface area is 148 Å². The highest BCUT2D eigenvalue weighted by atomic mass is 35.5. The van der Waals surface area contributed by atoms with Crippen LogP contribution < -0.4 is 0 Å². The fraction of sp³-hybridized carbons (Fsp3) is 0. The molecule has 0 N–H and O–H groups in total. The van der Waals surface area contributed by atoms with Crippen LogP contribution in [0.4, 0.5) is 0 Å². The van der Waals surface area contributed by atoms with E-state index in [4.69, 9.17) is 85.6 Å². The molecule has 0 radical (unpaired) electrons. The fourth-order valence-corrected chi connectivity index (χ4v) is 3.52. The molecule has 0 atom stereocenters. The van der Waals surface area contributed by atoms with Crippen LogP contribution in [0.2, 0.25) is 35.2 Å². The maximum atomic E-state index is 6.21. The lowest BCUT2D eigenvalue weighted by Gasteiger charge is -2.03. The van der Waals surface area contributed by atoms with Gasteiger partial charge in [-0.3, -0.25) is 0 Å². The normalized spacial score (nSPS) is 11.8. The third-order valence-corrected chi connectivity index (χ3v) is 5.84. The molecule has 2 aromatic carbocycles. The molecule has 0 saturated carbocycles. The van der Waals surface area contributed by atoms with Crippen LogP contribution in [0.1, 0.15) is 0 Å². The van der Waals surface area contributed by atoms with Crippen molar-refractivity contribution in [2.75, 3.05) is 0 Å². The summed E-state index contributed by atoms with van der Waals surface area (Å²) in [4.78, 5) is 0. The quantitative estimate of drug-likeness (QED) is 0.264. The molecular weight excluding hydrogens is 420 g/mol. The van der Waals surface area contributed by atoms with Gasteiger partial charge in [-0.1, -0.05) is 81.2 Å². The monoisotopic (exact) mass is 418 g/mol. The summed E-state index contributed by atoms with van der Waals surface area (Å²) in [6.45, 7) is 0. The summed E-state index contributed by atoms with van der Waals surface area (Å²) in [5.74, 6) is 0. The summed E-state index contributed by atoms with van der Waals surface area (Å²) < 4.78 is 5.63. The van der Waals surface area contributed by atoms with Crippen LogP contribution in [0.15, 0.2) is 10.5 Å². The van der Waals surface area contributed by atoms with Gasteiger partial charge in [0.05, 0.1) is 30.5 Å². The lowest BCUT2D eigenvalue weighted by molar-refractivity contribution is 0.669. The molecule has 1 heterocycles. The van der Waals surface area contributed by atoms with Gasteiger partial charge in [-0.05, 0) is 6.07 Å². The van der Waals surface area contributed by atoms with Gasteiger partial charge in [0.1, 0.15) is 10.0 Å². The number of halogens is 7. The van der Waals surface area contributed by atoms with E-state index in [0.29, 0.717) is 16.4 Å². The van der Waals surface area contributed by atoms with E-state index in [9.17, 15) is 0 Å². The van der Waals surface area contributed by atoms with Gasteiger partial charge in [0.25, 0.3) is 0 Å². The van der Waals surface area contributed by atoms with Gasteiger partial charge in [-0.15, -0.1) is 0 Å². The molecule has 0 spiro atoms. The molecule has 3 aromatic rings. The van der Waals surface area contributed by atoms with E-state index in [1.54, 1.807) is 6.07 Å². The minimum Gasteiger partial charge on any atom is -0.453 e. The molecule has 0 aliphatic heterocycles. The van der Waals surface area contributed by atoms with Gasteiger partial charge in [0.2, 0.25) is 0 Å². The Kier molecular flexibility index (Phi) is 3.92. The number of fused-ring (bicyclic) bond motifs is 3. The molecule has 104 valence electrons. The summed E-state index contributed by atoms with van der Waals surface area (Å²) in [7, 11) is 0. The zero-order valence-corrected chi connectivity index (χ0v) is 14.4. The van der Waals surface area contributed by atoms with E-state index in [1.807, 2.05) is 0 Å². The second kappa shape index (κ2) is 5.17. The Morgan fingerprint density at radius 3 is 1.80 bits per heavy atom. The van der Waals surface area contributed by atoms with Crippen LogP contribution >= 0.6 is 81.2 Å². The molecule has 0 bridgehead atoms. The summed E-state index contributed by atoms with van der Waals surface area (Å²) in [5.41, 5.74) is 0.597. The topological polar surface area (TPSA) is 13.1 Å². The van der Waals surface area contributed by atoms with E-state index in [0.717, 1.165) is 0 Å². The van der Waals surface area contributed by atoms with Gasteiger partial charge in [-0.2, -0.15) is 0 Å². The number of rotatable bonds is 0. The van der Waals surface area contributed by atoms with Gasteiger partial charge < -0.3 is 4.42 Å². The van der Waals surface area contributed by atoms with Gasteiger partial charge in [0, 0.05) is 5.39 Å². The third-order valence-electron chi connectivity index (χ3n) is 2.81. The molecule has 8 heteroatoms. The highest BCUT2D eigenvalue weighted by molar-refractivity contribution is 6.57. The molecule has 0 unspecified atom stereocenters. The molecule has 0 fully saturated rings. The molecule has 0 saturated heterocycles. The largest absolute Gasteiger partial charge is 0.453 e. The van der Waals surface area contributed by atoms with E-state index in [2.05, 4.69) is 0 Å². The Balaban J connectivity index is 2.67. The van der Waals surface area contributed by atoms with Crippen molar-refractivity contribution in [2.45, 2.75) is 0 Å². The van der Waals surface area contributed by atoms with Crippen LogP contribution in [0.25, 0.3) is 21.9 Å². The van der Waals surface area contributed by atoms with E-state index < -0.39 is 0 Å². The zero-order valence-electron chi connectivity index (χ0n) is 9.13. The highest BCUT2D eigenvalue weighted by Gasteiger charge is 2.23. The standard InChI is InChI=1S/C12HCl7O/c13-3-1-2-4-6(15)7(16)8(17)10(19)12(4)20-11(2)9(18)5(3)14/h1H/i1+1,2+1,3+1,4+1,5+1,6+1,7+1,8+1,9+1,10+1,11+1,12+1. The average molecular weight is 421 g/mol. The molecule has 0 aliphatic rings. The number of furan rings is 1. The Bertz CT molecular complexity index is 881. The summed E-state index contributed by atoms with van der Waals surface area (Å²) in [5, 5.41) is 2.28. The van der Waals surface area contributed by atoms with Crippen molar-refractivity contribution in [3.05, 3.63) is 41.2 Å². The van der Waals surface area contributed by atoms with Crippen molar-refractivity contribution in [1.82, 2.24) is 0 Å². The lowest BCUT2D eigenvalue weighted by atomic mass is 11.1. The molecule has 1 nitrogen and oxygen atoms in total. The van der Waals surface area contributed by atoms with E-state index in [1.165, 1.54) is 0 Å². The maximum absolute atomic E-state index is 6.21. The Morgan fingerprint density at radius 2 is 1.15 bits per heavy atom. The maximum Gasteiger partial charge on any atom is 0.157 e. The van der Waals surface area contributed by atoms with Gasteiger partial charge >= 0.3 is 0 Å². The Morgan fingerprint density at radius 1 is 0.600 bits per heavy atom. The molecular formula is C12HCl7O. The van der Waals surface area contributed by atoms with Crippen LogP contribution in [-0.2, 0) is 0 Å². The predicted molar refractivity (Wildman–Crippen MR) is 88.8 cm³/mol. The molecule has 3 rings (SSSR count). The number of hydrogen-bond acceptors (Lipinski definition) is 1. The van der Waals surface area contributed by atoms with Crippen LogP contribution in [0, 0.1) is 0 Å². The minimum absolute atomic E-state index is 0.109. The summed E-state index contributed by atoms with van der Waals surface area (Å²) in [6, 6.07) is 1.59. The molecule has 0 amide bonds. The van der Waals surface area contributed by atoms with Crippen LogP contribution in [0.3, 0.4) is 0 Å². The highest BCUT2D eigenvalue weighted by Crippen LogP contribution is 2.49. The molecule has 0 aliphatic carbocycles. The first-order chi connectivity index (χ1) is 9.34.